The van der Waals surface area contributed by atoms with Gasteiger partial charge in [-0.05, 0) is 48.4 Å². The minimum absolute atomic E-state index is 0.0124. The standard InChI is InChI=1S/C24H20ClFN2O5S/c1-14-6-9-17(10-7-14)34(31,32)33-21-12-15-4-2-3-5-18(15)22(21)28-24(30)23(29)27-16-8-11-19(25)20(26)13-16/h2-11,13,21-22H,12H2,1H3,(H,27,29)(H,28,30)/t21-,22+/m0/s1. The van der Waals surface area contributed by atoms with E-state index in [2.05, 4.69) is 10.6 Å². The Morgan fingerprint density at radius 3 is 2.44 bits per heavy atom. The molecule has 0 radical (unpaired) electrons. The monoisotopic (exact) mass is 502 g/mol. The zero-order valence-corrected chi connectivity index (χ0v) is 19.5. The molecule has 3 aromatic rings. The van der Waals surface area contributed by atoms with Crippen LogP contribution in [0.4, 0.5) is 10.1 Å². The molecule has 0 fully saturated rings. The molecule has 0 saturated heterocycles. The van der Waals surface area contributed by atoms with Gasteiger partial charge in [-0.25, -0.2) is 4.39 Å². The number of carbonyl (C=O) groups excluding carboxylic acids is 2. The highest BCUT2D eigenvalue weighted by Gasteiger charge is 2.38. The van der Waals surface area contributed by atoms with Crippen molar-refractivity contribution in [2.45, 2.75) is 30.4 Å². The summed E-state index contributed by atoms with van der Waals surface area (Å²) in [4.78, 5) is 25.0. The Balaban J connectivity index is 1.53. The van der Waals surface area contributed by atoms with Crippen molar-refractivity contribution in [3.8, 4) is 0 Å². The minimum Gasteiger partial charge on any atom is -0.338 e. The van der Waals surface area contributed by atoms with Crippen molar-refractivity contribution in [1.82, 2.24) is 5.32 Å². The van der Waals surface area contributed by atoms with Gasteiger partial charge in [0.25, 0.3) is 10.1 Å². The largest absolute Gasteiger partial charge is 0.338 e. The highest BCUT2D eigenvalue weighted by atomic mass is 35.5. The fourth-order valence-electron chi connectivity index (χ4n) is 3.71. The smallest absolute Gasteiger partial charge is 0.313 e. The molecule has 2 N–H and O–H groups in total. The molecular weight excluding hydrogens is 483 g/mol. The number of carbonyl (C=O) groups is 2. The molecule has 1 aliphatic rings. The molecule has 7 nitrogen and oxygen atoms in total. The van der Waals surface area contributed by atoms with Crippen LogP contribution in [0.3, 0.4) is 0 Å². The van der Waals surface area contributed by atoms with Crippen molar-refractivity contribution < 1.29 is 26.6 Å². The average Bonchev–Trinajstić information content (AvgIpc) is 3.12. The Morgan fingerprint density at radius 1 is 1.03 bits per heavy atom. The highest BCUT2D eigenvalue weighted by molar-refractivity contribution is 7.86. The number of rotatable bonds is 5. The van der Waals surface area contributed by atoms with E-state index >= 15 is 0 Å². The Bertz CT molecular complexity index is 1360. The van der Waals surface area contributed by atoms with Crippen LogP contribution in [0.5, 0.6) is 0 Å². The van der Waals surface area contributed by atoms with Gasteiger partial charge in [0.05, 0.1) is 16.0 Å². The van der Waals surface area contributed by atoms with Crippen molar-refractivity contribution in [3.63, 3.8) is 0 Å². The van der Waals surface area contributed by atoms with Crippen LogP contribution in [-0.2, 0) is 30.3 Å². The molecule has 0 unspecified atom stereocenters. The molecule has 0 aliphatic heterocycles. The van der Waals surface area contributed by atoms with Crippen molar-refractivity contribution >= 4 is 39.2 Å². The van der Waals surface area contributed by atoms with E-state index in [4.69, 9.17) is 15.8 Å². The topological polar surface area (TPSA) is 102 Å². The SMILES string of the molecule is Cc1ccc(S(=O)(=O)O[C@H]2Cc3ccccc3[C@H]2NC(=O)C(=O)Nc2ccc(Cl)c(F)c2)cc1. The third-order valence-electron chi connectivity index (χ3n) is 5.41. The number of hydrogen-bond acceptors (Lipinski definition) is 5. The molecule has 1 aliphatic carbocycles. The second-order valence-electron chi connectivity index (χ2n) is 7.84. The Kier molecular flexibility index (Phi) is 6.70. The lowest BCUT2D eigenvalue weighted by Gasteiger charge is -2.22. The summed E-state index contributed by atoms with van der Waals surface area (Å²) in [5.74, 6) is -2.83. The molecule has 2 atom stereocenters. The molecule has 176 valence electrons. The number of amides is 2. The van der Waals surface area contributed by atoms with Crippen LogP contribution in [0.1, 0.15) is 22.7 Å². The third kappa shape index (κ3) is 5.11. The molecule has 0 aromatic heterocycles. The average molecular weight is 503 g/mol. The van der Waals surface area contributed by atoms with Gasteiger partial charge in [0.15, 0.2) is 0 Å². The summed E-state index contributed by atoms with van der Waals surface area (Å²) in [7, 11) is -4.13. The lowest BCUT2D eigenvalue weighted by atomic mass is 10.1. The first kappa shape index (κ1) is 23.9. The normalized spacial score (nSPS) is 17.1. The summed E-state index contributed by atoms with van der Waals surface area (Å²) in [6, 6.07) is 15.9. The first-order chi connectivity index (χ1) is 16.1. The fraction of sp³-hybridized carbons (Fsp3) is 0.167. The number of hydrogen-bond donors (Lipinski definition) is 2. The van der Waals surface area contributed by atoms with E-state index in [1.54, 1.807) is 36.4 Å². The number of aryl methyl sites for hydroxylation is 1. The molecule has 2 amide bonds. The zero-order valence-electron chi connectivity index (χ0n) is 17.9. The van der Waals surface area contributed by atoms with Gasteiger partial charge < -0.3 is 10.6 Å². The van der Waals surface area contributed by atoms with Gasteiger partial charge in [-0.3, -0.25) is 13.8 Å². The van der Waals surface area contributed by atoms with Crippen LogP contribution in [-0.4, -0.2) is 26.3 Å². The van der Waals surface area contributed by atoms with Crippen LogP contribution in [0.25, 0.3) is 0 Å². The van der Waals surface area contributed by atoms with Gasteiger partial charge >= 0.3 is 11.8 Å². The maximum absolute atomic E-state index is 13.6. The van der Waals surface area contributed by atoms with Crippen LogP contribution < -0.4 is 10.6 Å². The summed E-state index contributed by atoms with van der Waals surface area (Å²) >= 11 is 5.63. The molecule has 10 heteroatoms. The van der Waals surface area contributed by atoms with E-state index in [0.717, 1.165) is 17.2 Å². The molecule has 0 spiro atoms. The minimum atomic E-state index is -4.13. The van der Waals surface area contributed by atoms with E-state index < -0.39 is 39.9 Å². The number of anilines is 1. The summed E-state index contributed by atoms with van der Waals surface area (Å²) in [6.07, 6.45) is -0.746. The van der Waals surface area contributed by atoms with E-state index in [1.165, 1.54) is 24.3 Å². The third-order valence-corrected chi connectivity index (χ3v) is 7.07. The molecule has 0 bridgehead atoms. The van der Waals surface area contributed by atoms with E-state index in [1.807, 2.05) is 6.92 Å². The lowest BCUT2D eigenvalue weighted by Crippen LogP contribution is -2.42. The van der Waals surface area contributed by atoms with Crippen LogP contribution in [0.2, 0.25) is 5.02 Å². The lowest BCUT2D eigenvalue weighted by molar-refractivity contribution is -0.137. The maximum Gasteiger partial charge on any atom is 0.313 e. The number of nitrogens with one attached hydrogen (secondary N) is 2. The summed E-state index contributed by atoms with van der Waals surface area (Å²) < 4.78 is 44.9. The summed E-state index contributed by atoms with van der Waals surface area (Å²) in [6.45, 7) is 1.83. The van der Waals surface area contributed by atoms with Gasteiger partial charge in [0.2, 0.25) is 0 Å². The molecule has 3 aromatic carbocycles. The van der Waals surface area contributed by atoms with E-state index in [0.29, 0.717) is 5.56 Å². The van der Waals surface area contributed by atoms with Crippen LogP contribution >= 0.6 is 11.6 Å². The second-order valence-corrected chi connectivity index (χ2v) is 9.82. The van der Waals surface area contributed by atoms with Crippen LogP contribution in [0, 0.1) is 12.7 Å². The van der Waals surface area contributed by atoms with Crippen molar-refractivity contribution in [1.29, 1.82) is 0 Å². The van der Waals surface area contributed by atoms with Crippen molar-refractivity contribution in [2.24, 2.45) is 0 Å². The predicted octanol–water partition coefficient (Wildman–Crippen LogP) is 3.91. The van der Waals surface area contributed by atoms with Gasteiger partial charge in [-0.15, -0.1) is 0 Å². The van der Waals surface area contributed by atoms with Gasteiger partial charge in [0.1, 0.15) is 11.9 Å². The highest BCUT2D eigenvalue weighted by Crippen LogP contribution is 2.35. The fourth-order valence-corrected chi connectivity index (χ4v) is 4.91. The Labute approximate surface area is 201 Å². The number of benzene rings is 3. The summed E-state index contributed by atoms with van der Waals surface area (Å²) in [5.41, 5.74) is 2.37. The molecule has 34 heavy (non-hydrogen) atoms. The van der Waals surface area contributed by atoms with Gasteiger partial charge in [-0.1, -0.05) is 53.6 Å². The predicted molar refractivity (Wildman–Crippen MR) is 124 cm³/mol. The Morgan fingerprint density at radius 2 is 1.74 bits per heavy atom. The second kappa shape index (κ2) is 9.54. The molecule has 4 rings (SSSR count). The van der Waals surface area contributed by atoms with Gasteiger partial charge in [0, 0.05) is 12.1 Å². The van der Waals surface area contributed by atoms with E-state index in [-0.39, 0.29) is 22.0 Å². The molecular formula is C24H20ClFN2O5S. The molecule has 0 heterocycles. The Hall–Kier alpha value is -3.27. The number of fused-ring (bicyclic) bond motifs is 1. The first-order valence-electron chi connectivity index (χ1n) is 10.3. The van der Waals surface area contributed by atoms with Crippen molar-refractivity contribution in [2.75, 3.05) is 5.32 Å². The van der Waals surface area contributed by atoms with Crippen molar-refractivity contribution in [3.05, 3.63) is 94.3 Å². The van der Waals surface area contributed by atoms with Gasteiger partial charge in [-0.2, -0.15) is 8.42 Å². The quantitative estimate of drug-likeness (QED) is 0.407. The number of halogens is 2. The summed E-state index contributed by atoms with van der Waals surface area (Å²) in [5, 5.41) is 4.72. The van der Waals surface area contributed by atoms with E-state index in [9.17, 15) is 22.4 Å². The zero-order chi connectivity index (χ0) is 24.5. The first-order valence-corrected chi connectivity index (χ1v) is 12.1. The molecule has 0 saturated carbocycles. The maximum atomic E-state index is 13.6. The van der Waals surface area contributed by atoms with Crippen LogP contribution in [0.15, 0.2) is 71.6 Å².